The topological polar surface area (TPSA) is 53.3 Å². The van der Waals surface area contributed by atoms with Gasteiger partial charge in [-0.15, -0.1) is 0 Å². The summed E-state index contributed by atoms with van der Waals surface area (Å²) in [4.78, 5) is 6.68. The quantitative estimate of drug-likeness (QED) is 0.361. The zero-order valence-electron chi connectivity index (χ0n) is 19.8. The number of phenols is 1. The number of phenolic OH excluding ortho intramolecular Hbond substituents is 1. The lowest BCUT2D eigenvalue weighted by atomic mass is 9.96. The van der Waals surface area contributed by atoms with Gasteiger partial charge in [0.1, 0.15) is 5.75 Å². The van der Waals surface area contributed by atoms with Gasteiger partial charge in [0.2, 0.25) is 0 Å². The fourth-order valence-electron chi connectivity index (χ4n) is 5.19. The van der Waals surface area contributed by atoms with Gasteiger partial charge in [0.25, 0.3) is 0 Å². The molecule has 5 nitrogen and oxygen atoms in total. The molecule has 1 aliphatic rings. The normalized spacial score (nSPS) is 17.8. The summed E-state index contributed by atoms with van der Waals surface area (Å²) in [5.74, 6) is 0.196. The average Bonchev–Trinajstić information content (AvgIpc) is 3.31. The fraction of sp³-hybridized carbons (Fsp3) is 0.214. The highest BCUT2D eigenvalue weighted by Gasteiger charge is 2.43. The van der Waals surface area contributed by atoms with Crippen molar-refractivity contribution in [3.8, 4) is 11.4 Å². The summed E-state index contributed by atoms with van der Waals surface area (Å²) in [5, 5.41) is 14.8. The first-order chi connectivity index (χ1) is 16.4. The maximum Gasteiger partial charge on any atom is 0.174 e. The molecule has 4 aromatic rings. The number of aromatic nitrogens is 2. The van der Waals surface area contributed by atoms with Crippen molar-refractivity contribution in [3.05, 3.63) is 107 Å². The highest BCUT2D eigenvalue weighted by atomic mass is 32.1. The number of para-hydroxylation sites is 3. The lowest BCUT2D eigenvalue weighted by Crippen LogP contribution is -2.29. The summed E-state index contributed by atoms with van der Waals surface area (Å²) in [7, 11) is 0. The Bertz CT molecular complexity index is 1360. The van der Waals surface area contributed by atoms with E-state index in [4.69, 9.17) is 12.2 Å². The number of pyridine rings is 1. The molecule has 5 rings (SSSR count). The zero-order valence-corrected chi connectivity index (χ0v) is 20.6. The molecule has 0 aliphatic carbocycles. The molecule has 2 aromatic heterocycles. The largest absolute Gasteiger partial charge is 0.506 e. The van der Waals surface area contributed by atoms with Crippen molar-refractivity contribution in [3.63, 3.8) is 0 Å². The van der Waals surface area contributed by atoms with Crippen LogP contribution in [-0.4, -0.2) is 19.8 Å². The molecule has 1 aliphatic heterocycles. The minimum absolute atomic E-state index is 0.166. The molecular weight excluding hydrogens is 440 g/mol. The van der Waals surface area contributed by atoms with Crippen LogP contribution in [0, 0.1) is 27.7 Å². The lowest BCUT2D eigenvalue weighted by molar-refractivity contribution is 0.472. The SMILES string of the molecule is Cc1cccc(C)c1-n1c(C)cc([C@H]2[C@H](c3ccccn3)NC(=S)N2c2ccccc2O)c1C. The smallest absolute Gasteiger partial charge is 0.174 e. The van der Waals surface area contributed by atoms with E-state index in [0.717, 1.165) is 22.6 Å². The average molecular weight is 469 g/mol. The number of hydrogen-bond donors (Lipinski definition) is 2. The third kappa shape index (κ3) is 3.55. The number of nitrogens with zero attached hydrogens (tertiary/aromatic N) is 3. The summed E-state index contributed by atoms with van der Waals surface area (Å²) in [6.07, 6.45) is 1.81. The van der Waals surface area contributed by atoms with Gasteiger partial charge in [-0.05, 0) is 86.9 Å². The Kier molecular flexibility index (Phi) is 5.62. The van der Waals surface area contributed by atoms with Crippen LogP contribution in [0.1, 0.15) is 45.9 Å². The first-order valence-corrected chi connectivity index (χ1v) is 11.8. The van der Waals surface area contributed by atoms with Gasteiger partial charge in [0.15, 0.2) is 5.11 Å². The number of aryl methyl sites for hydroxylation is 3. The van der Waals surface area contributed by atoms with E-state index in [2.05, 4.69) is 66.8 Å². The molecule has 2 atom stereocenters. The second-order valence-electron chi connectivity index (χ2n) is 8.89. The van der Waals surface area contributed by atoms with Gasteiger partial charge in [-0.3, -0.25) is 4.98 Å². The number of thiocarbonyl (C=S) groups is 1. The van der Waals surface area contributed by atoms with Crippen molar-refractivity contribution in [2.24, 2.45) is 0 Å². The molecule has 0 radical (unpaired) electrons. The molecule has 6 heteroatoms. The van der Waals surface area contributed by atoms with E-state index in [1.807, 2.05) is 41.3 Å². The van der Waals surface area contributed by atoms with Crippen LogP contribution in [0.4, 0.5) is 5.69 Å². The van der Waals surface area contributed by atoms with Crippen LogP contribution in [-0.2, 0) is 0 Å². The summed E-state index contributed by atoms with van der Waals surface area (Å²) in [6.45, 7) is 8.60. The Hall–Kier alpha value is -3.64. The van der Waals surface area contributed by atoms with Gasteiger partial charge in [0.05, 0.1) is 29.2 Å². The number of aromatic hydroxyl groups is 1. The van der Waals surface area contributed by atoms with E-state index in [-0.39, 0.29) is 17.8 Å². The van der Waals surface area contributed by atoms with Gasteiger partial charge in [-0.2, -0.15) is 0 Å². The summed E-state index contributed by atoms with van der Waals surface area (Å²) < 4.78 is 2.33. The van der Waals surface area contributed by atoms with E-state index in [0.29, 0.717) is 10.8 Å². The summed E-state index contributed by atoms with van der Waals surface area (Å²) in [6, 6.07) is 21.6. The Labute approximate surface area is 205 Å². The minimum Gasteiger partial charge on any atom is -0.506 e. The Morgan fingerprint density at radius 3 is 2.29 bits per heavy atom. The molecule has 172 valence electrons. The van der Waals surface area contributed by atoms with Gasteiger partial charge in [-0.25, -0.2) is 0 Å². The van der Waals surface area contributed by atoms with Crippen LogP contribution in [0.3, 0.4) is 0 Å². The fourth-order valence-corrected chi connectivity index (χ4v) is 5.53. The molecule has 0 spiro atoms. The van der Waals surface area contributed by atoms with Crippen LogP contribution in [0.5, 0.6) is 5.75 Å². The van der Waals surface area contributed by atoms with Crippen LogP contribution in [0.2, 0.25) is 0 Å². The molecular formula is C28H28N4OS. The van der Waals surface area contributed by atoms with Crippen LogP contribution in [0.15, 0.2) is 72.9 Å². The van der Waals surface area contributed by atoms with Gasteiger partial charge >= 0.3 is 0 Å². The van der Waals surface area contributed by atoms with E-state index in [1.165, 1.54) is 16.8 Å². The van der Waals surface area contributed by atoms with Crippen molar-refractivity contribution < 1.29 is 5.11 Å². The maximum atomic E-state index is 10.7. The molecule has 1 fully saturated rings. The number of anilines is 1. The van der Waals surface area contributed by atoms with Crippen LogP contribution in [0.25, 0.3) is 5.69 Å². The van der Waals surface area contributed by atoms with E-state index in [1.54, 1.807) is 12.3 Å². The molecule has 1 saturated heterocycles. The second-order valence-corrected chi connectivity index (χ2v) is 9.27. The molecule has 34 heavy (non-hydrogen) atoms. The highest BCUT2D eigenvalue weighted by molar-refractivity contribution is 7.80. The summed E-state index contributed by atoms with van der Waals surface area (Å²) in [5.41, 5.74) is 8.70. The van der Waals surface area contributed by atoms with Crippen molar-refractivity contribution in [1.29, 1.82) is 0 Å². The third-order valence-corrected chi connectivity index (χ3v) is 7.01. The Morgan fingerprint density at radius 2 is 1.62 bits per heavy atom. The number of nitrogens with one attached hydrogen (secondary N) is 1. The van der Waals surface area contributed by atoms with Crippen molar-refractivity contribution >= 4 is 23.0 Å². The van der Waals surface area contributed by atoms with E-state index in [9.17, 15) is 5.11 Å². The predicted octanol–water partition coefficient (Wildman–Crippen LogP) is 5.99. The standard InChI is InChI=1S/C28H28N4OS/c1-17-10-9-11-18(2)26(17)31-19(3)16-21(20(31)4)27-25(22-12-7-8-15-29-22)30-28(34)32(27)23-13-5-6-14-24(23)33/h5-16,25,27,33H,1-4H3,(H,30,34)/t25-,27-/m0/s1. The molecule has 0 amide bonds. The monoisotopic (exact) mass is 468 g/mol. The third-order valence-electron chi connectivity index (χ3n) is 6.69. The van der Waals surface area contributed by atoms with Crippen molar-refractivity contribution in [1.82, 2.24) is 14.9 Å². The number of hydrogen-bond acceptors (Lipinski definition) is 3. The second kappa shape index (κ2) is 8.61. The number of benzene rings is 2. The molecule has 3 heterocycles. The highest BCUT2D eigenvalue weighted by Crippen LogP contribution is 2.46. The summed E-state index contributed by atoms with van der Waals surface area (Å²) >= 11 is 5.82. The Morgan fingerprint density at radius 1 is 0.912 bits per heavy atom. The lowest BCUT2D eigenvalue weighted by Gasteiger charge is -2.28. The van der Waals surface area contributed by atoms with Gasteiger partial charge in [0, 0.05) is 17.6 Å². The van der Waals surface area contributed by atoms with Crippen LogP contribution >= 0.6 is 12.2 Å². The molecule has 0 bridgehead atoms. The first kappa shape index (κ1) is 22.2. The maximum absolute atomic E-state index is 10.7. The minimum atomic E-state index is -0.181. The predicted molar refractivity (Wildman–Crippen MR) is 141 cm³/mol. The van der Waals surface area contributed by atoms with Gasteiger partial charge < -0.3 is 19.9 Å². The molecule has 2 aromatic carbocycles. The van der Waals surface area contributed by atoms with E-state index >= 15 is 0 Å². The Balaban J connectivity index is 1.73. The number of rotatable bonds is 4. The van der Waals surface area contributed by atoms with E-state index < -0.39 is 0 Å². The zero-order chi connectivity index (χ0) is 24.0. The first-order valence-electron chi connectivity index (χ1n) is 11.4. The molecule has 2 N–H and O–H groups in total. The van der Waals surface area contributed by atoms with Crippen LogP contribution < -0.4 is 10.2 Å². The van der Waals surface area contributed by atoms with Crippen molar-refractivity contribution in [2.45, 2.75) is 39.8 Å². The van der Waals surface area contributed by atoms with Crippen molar-refractivity contribution in [2.75, 3.05) is 4.90 Å². The van der Waals surface area contributed by atoms with Gasteiger partial charge in [-0.1, -0.05) is 36.4 Å². The molecule has 0 unspecified atom stereocenters. The molecule has 0 saturated carbocycles.